The Kier molecular flexibility index (Phi) is 2.33. The third-order valence-electron chi connectivity index (χ3n) is 2.48. The van der Waals surface area contributed by atoms with Gasteiger partial charge < -0.3 is 0 Å². The third kappa shape index (κ3) is 1.96. The summed E-state index contributed by atoms with van der Waals surface area (Å²) in [6.45, 7) is 2.02. The topological polar surface area (TPSA) is 46.2 Å². The average Bonchev–Trinajstić information content (AvgIpc) is 2.47. The van der Waals surface area contributed by atoms with Gasteiger partial charge in [-0.05, 0) is 18.9 Å². The predicted molar refractivity (Wildman–Crippen MR) is 55.5 cm³/mol. The van der Waals surface area contributed by atoms with Crippen molar-refractivity contribution in [1.29, 1.82) is 0 Å². The number of aryl methyl sites for hydroxylation is 1. The molecule has 0 aromatic heterocycles. The molecule has 3 nitrogen and oxygen atoms in total. The molecule has 4 heteroatoms. The summed E-state index contributed by atoms with van der Waals surface area (Å²) in [6, 6.07) is 7.94. The molecular formula is C10H13NO2S. The number of nitrogens with one attached hydrogen (secondary N) is 1. The molecule has 0 aliphatic carbocycles. The van der Waals surface area contributed by atoms with E-state index in [0.29, 0.717) is 6.42 Å². The first kappa shape index (κ1) is 9.68. The molecule has 0 amide bonds. The molecular weight excluding hydrogens is 198 g/mol. The van der Waals surface area contributed by atoms with E-state index in [4.69, 9.17) is 0 Å². The van der Waals surface area contributed by atoms with Gasteiger partial charge in [0, 0.05) is 6.04 Å². The minimum absolute atomic E-state index is 0.0272. The summed E-state index contributed by atoms with van der Waals surface area (Å²) in [6.07, 6.45) is 0.672. The number of benzene rings is 1. The Hall–Kier alpha value is -0.870. The first-order valence-electron chi connectivity index (χ1n) is 4.63. The zero-order chi connectivity index (χ0) is 10.2. The smallest absolute Gasteiger partial charge is 0.212 e. The number of hydrogen-bond donors (Lipinski definition) is 1. The molecule has 0 spiro atoms. The van der Waals surface area contributed by atoms with Gasteiger partial charge in [0.1, 0.15) is 0 Å². The molecule has 1 unspecified atom stereocenters. The van der Waals surface area contributed by atoms with Gasteiger partial charge in [0.05, 0.1) is 5.75 Å². The van der Waals surface area contributed by atoms with Crippen LogP contribution in [-0.2, 0) is 10.0 Å². The van der Waals surface area contributed by atoms with Crippen molar-refractivity contribution in [3.63, 3.8) is 0 Å². The van der Waals surface area contributed by atoms with Crippen molar-refractivity contribution >= 4 is 10.0 Å². The van der Waals surface area contributed by atoms with E-state index in [1.54, 1.807) is 0 Å². The van der Waals surface area contributed by atoms with Crippen LogP contribution in [0.4, 0.5) is 0 Å². The van der Waals surface area contributed by atoms with Gasteiger partial charge >= 0.3 is 0 Å². The van der Waals surface area contributed by atoms with E-state index in [0.717, 1.165) is 5.56 Å². The Bertz CT molecular complexity index is 422. The highest BCUT2D eigenvalue weighted by atomic mass is 32.2. The van der Waals surface area contributed by atoms with Crippen molar-refractivity contribution in [2.75, 3.05) is 5.75 Å². The first-order valence-corrected chi connectivity index (χ1v) is 6.29. The van der Waals surface area contributed by atoms with Gasteiger partial charge in [-0.3, -0.25) is 0 Å². The van der Waals surface area contributed by atoms with Crippen LogP contribution in [0.1, 0.15) is 23.6 Å². The van der Waals surface area contributed by atoms with Gasteiger partial charge in [-0.25, -0.2) is 13.1 Å². The molecule has 1 saturated heterocycles. The molecule has 76 valence electrons. The van der Waals surface area contributed by atoms with Crippen LogP contribution < -0.4 is 4.72 Å². The summed E-state index contributed by atoms with van der Waals surface area (Å²) in [4.78, 5) is 0. The molecule has 1 heterocycles. The molecule has 1 aromatic rings. The van der Waals surface area contributed by atoms with Crippen LogP contribution in [0, 0.1) is 6.92 Å². The molecule has 1 aliphatic rings. The van der Waals surface area contributed by atoms with Crippen molar-refractivity contribution in [3.8, 4) is 0 Å². The molecule has 14 heavy (non-hydrogen) atoms. The van der Waals surface area contributed by atoms with E-state index in [1.807, 2.05) is 31.2 Å². The van der Waals surface area contributed by atoms with Gasteiger partial charge in [0.15, 0.2) is 0 Å². The lowest BCUT2D eigenvalue weighted by molar-refractivity contribution is 0.586. The number of rotatable bonds is 1. The molecule has 0 radical (unpaired) electrons. The maximum Gasteiger partial charge on any atom is 0.212 e. The summed E-state index contributed by atoms with van der Waals surface area (Å²) < 4.78 is 25.0. The summed E-state index contributed by atoms with van der Waals surface area (Å²) in [5, 5.41) is 0. The fourth-order valence-corrected chi connectivity index (χ4v) is 2.99. The summed E-state index contributed by atoms with van der Waals surface area (Å²) >= 11 is 0. The van der Waals surface area contributed by atoms with E-state index < -0.39 is 10.0 Å². The van der Waals surface area contributed by atoms with Crippen molar-refractivity contribution in [2.45, 2.75) is 19.4 Å². The lowest BCUT2D eigenvalue weighted by atomic mass is 10.0. The Labute approximate surface area is 84.2 Å². The van der Waals surface area contributed by atoms with Crippen molar-refractivity contribution < 1.29 is 8.42 Å². The Morgan fingerprint density at radius 2 is 1.93 bits per heavy atom. The average molecular weight is 211 g/mol. The molecule has 1 fully saturated rings. The predicted octanol–water partition coefficient (Wildman–Crippen LogP) is 1.36. The standard InChI is InChI=1S/C10H13NO2S/c1-8-2-4-9(5-3-8)10-6-7-14(12,13)11-10/h2-5,10-11H,6-7H2,1H3. The molecule has 2 rings (SSSR count). The zero-order valence-electron chi connectivity index (χ0n) is 8.03. The highest BCUT2D eigenvalue weighted by molar-refractivity contribution is 7.89. The Morgan fingerprint density at radius 3 is 2.43 bits per heavy atom. The van der Waals surface area contributed by atoms with Gasteiger partial charge in [-0.2, -0.15) is 0 Å². The minimum atomic E-state index is -3.00. The Balaban J connectivity index is 2.22. The van der Waals surface area contributed by atoms with Crippen LogP contribution in [0.3, 0.4) is 0 Å². The third-order valence-corrected chi connectivity index (χ3v) is 3.89. The normalized spacial score (nSPS) is 25.1. The van der Waals surface area contributed by atoms with E-state index in [1.165, 1.54) is 5.56 Å². The molecule has 0 saturated carbocycles. The van der Waals surface area contributed by atoms with Crippen molar-refractivity contribution in [3.05, 3.63) is 35.4 Å². The van der Waals surface area contributed by atoms with E-state index in [2.05, 4.69) is 4.72 Å². The van der Waals surface area contributed by atoms with Crippen LogP contribution in [0.15, 0.2) is 24.3 Å². The van der Waals surface area contributed by atoms with Gasteiger partial charge in [0.2, 0.25) is 10.0 Å². The van der Waals surface area contributed by atoms with Gasteiger partial charge in [-0.1, -0.05) is 29.8 Å². The van der Waals surface area contributed by atoms with Crippen LogP contribution >= 0.6 is 0 Å². The highest BCUT2D eigenvalue weighted by Crippen LogP contribution is 2.23. The molecule has 1 aliphatic heterocycles. The minimum Gasteiger partial charge on any atom is -0.212 e. The molecule has 1 atom stereocenters. The van der Waals surface area contributed by atoms with Crippen LogP contribution in [0.2, 0.25) is 0 Å². The molecule has 1 aromatic carbocycles. The van der Waals surface area contributed by atoms with Crippen LogP contribution in [-0.4, -0.2) is 14.2 Å². The van der Waals surface area contributed by atoms with Crippen molar-refractivity contribution in [1.82, 2.24) is 4.72 Å². The lowest BCUT2D eigenvalue weighted by Gasteiger charge is -2.08. The van der Waals surface area contributed by atoms with Gasteiger partial charge in [-0.15, -0.1) is 0 Å². The second-order valence-corrected chi connectivity index (χ2v) is 5.56. The van der Waals surface area contributed by atoms with Crippen LogP contribution in [0.5, 0.6) is 0 Å². The van der Waals surface area contributed by atoms with Gasteiger partial charge in [0.25, 0.3) is 0 Å². The van der Waals surface area contributed by atoms with E-state index in [9.17, 15) is 8.42 Å². The largest absolute Gasteiger partial charge is 0.212 e. The van der Waals surface area contributed by atoms with Crippen molar-refractivity contribution in [2.24, 2.45) is 0 Å². The summed E-state index contributed by atoms with van der Waals surface area (Å²) in [5.74, 6) is 0.242. The number of hydrogen-bond acceptors (Lipinski definition) is 2. The fourth-order valence-electron chi connectivity index (χ4n) is 1.64. The second-order valence-electron chi connectivity index (χ2n) is 3.69. The molecule has 0 bridgehead atoms. The summed E-state index contributed by atoms with van der Waals surface area (Å²) in [5.41, 5.74) is 2.24. The lowest BCUT2D eigenvalue weighted by Crippen LogP contribution is -2.19. The SMILES string of the molecule is Cc1ccc(C2CCS(=O)(=O)N2)cc1. The fraction of sp³-hybridized carbons (Fsp3) is 0.400. The maximum atomic E-state index is 11.2. The van der Waals surface area contributed by atoms with E-state index >= 15 is 0 Å². The quantitative estimate of drug-likeness (QED) is 0.762. The Morgan fingerprint density at radius 1 is 1.29 bits per heavy atom. The van der Waals surface area contributed by atoms with Crippen LogP contribution in [0.25, 0.3) is 0 Å². The number of sulfonamides is 1. The summed E-state index contributed by atoms with van der Waals surface area (Å²) in [7, 11) is -3.00. The first-order chi connectivity index (χ1) is 6.57. The second kappa shape index (κ2) is 3.37. The highest BCUT2D eigenvalue weighted by Gasteiger charge is 2.27. The monoisotopic (exact) mass is 211 g/mol. The zero-order valence-corrected chi connectivity index (χ0v) is 8.84. The van der Waals surface area contributed by atoms with E-state index in [-0.39, 0.29) is 11.8 Å². The maximum absolute atomic E-state index is 11.2. The molecule has 1 N–H and O–H groups in total.